The molecule has 2 N–H and O–H groups in total. The molecule has 0 aliphatic carbocycles. The van der Waals surface area contributed by atoms with Crippen LogP contribution in [0.15, 0.2) is 34.4 Å². The van der Waals surface area contributed by atoms with Crippen molar-refractivity contribution in [1.82, 2.24) is 15.0 Å². The fraction of sp³-hybridized carbons (Fsp3) is 0.308. The normalized spacial score (nSPS) is 12.4. The summed E-state index contributed by atoms with van der Waals surface area (Å²) < 4.78 is 0. The van der Waals surface area contributed by atoms with Crippen molar-refractivity contribution in [2.24, 2.45) is 5.73 Å². The van der Waals surface area contributed by atoms with Gasteiger partial charge in [0, 0.05) is 28.5 Å². The molecule has 0 aromatic carbocycles. The molecule has 2 aromatic rings. The van der Waals surface area contributed by atoms with Crippen LogP contribution in [0.25, 0.3) is 0 Å². The van der Waals surface area contributed by atoms with E-state index in [0.29, 0.717) is 0 Å². The minimum absolute atomic E-state index is 0.0403. The van der Waals surface area contributed by atoms with Gasteiger partial charge in [0.25, 0.3) is 0 Å². The van der Waals surface area contributed by atoms with Crippen LogP contribution >= 0.6 is 11.8 Å². The Kier molecular flexibility index (Phi) is 3.93. The lowest BCUT2D eigenvalue weighted by Gasteiger charge is -2.06. The highest BCUT2D eigenvalue weighted by Gasteiger charge is 2.05. The van der Waals surface area contributed by atoms with Gasteiger partial charge in [-0.05, 0) is 50.7 Å². The van der Waals surface area contributed by atoms with E-state index >= 15 is 0 Å². The molecular weight excluding hydrogens is 244 g/mol. The zero-order chi connectivity index (χ0) is 13.1. The highest BCUT2D eigenvalue weighted by Crippen LogP contribution is 2.24. The Morgan fingerprint density at radius 2 is 1.83 bits per heavy atom. The first kappa shape index (κ1) is 13.0. The average Bonchev–Trinajstić information content (AvgIpc) is 2.28. The molecule has 18 heavy (non-hydrogen) atoms. The smallest absolute Gasteiger partial charge is 0.192 e. The van der Waals surface area contributed by atoms with E-state index < -0.39 is 0 Å². The summed E-state index contributed by atoms with van der Waals surface area (Å²) in [5.41, 5.74) is 8.61. The van der Waals surface area contributed by atoms with Gasteiger partial charge in [0.1, 0.15) is 0 Å². The summed E-state index contributed by atoms with van der Waals surface area (Å²) in [7, 11) is 0. The number of aryl methyl sites for hydroxylation is 2. The second-order valence-corrected chi connectivity index (χ2v) is 5.28. The van der Waals surface area contributed by atoms with Gasteiger partial charge in [0.2, 0.25) is 0 Å². The van der Waals surface area contributed by atoms with Crippen LogP contribution in [0.5, 0.6) is 0 Å². The van der Waals surface area contributed by atoms with Crippen molar-refractivity contribution in [2.75, 3.05) is 0 Å². The maximum atomic E-state index is 5.76. The molecule has 0 spiro atoms. The lowest BCUT2D eigenvalue weighted by atomic mass is 10.2. The van der Waals surface area contributed by atoms with Crippen LogP contribution in [0.4, 0.5) is 0 Å². The van der Waals surface area contributed by atoms with Crippen LogP contribution < -0.4 is 5.73 Å². The predicted molar refractivity (Wildman–Crippen MR) is 72.5 cm³/mol. The van der Waals surface area contributed by atoms with Gasteiger partial charge in [-0.1, -0.05) is 0 Å². The van der Waals surface area contributed by atoms with Gasteiger partial charge >= 0.3 is 0 Å². The van der Waals surface area contributed by atoms with Gasteiger partial charge in [-0.15, -0.1) is 0 Å². The van der Waals surface area contributed by atoms with E-state index in [9.17, 15) is 0 Å². The maximum Gasteiger partial charge on any atom is 0.192 e. The minimum atomic E-state index is -0.0403. The highest BCUT2D eigenvalue weighted by molar-refractivity contribution is 7.99. The summed E-state index contributed by atoms with van der Waals surface area (Å²) >= 11 is 1.51. The largest absolute Gasteiger partial charge is 0.323 e. The van der Waals surface area contributed by atoms with Crippen LogP contribution in [0, 0.1) is 13.8 Å². The topological polar surface area (TPSA) is 64.7 Å². The Balaban J connectivity index is 2.18. The van der Waals surface area contributed by atoms with E-state index in [0.717, 1.165) is 27.1 Å². The van der Waals surface area contributed by atoms with E-state index in [4.69, 9.17) is 5.73 Å². The number of rotatable bonds is 3. The number of pyridine rings is 1. The molecule has 94 valence electrons. The molecular formula is C13H16N4S. The third kappa shape index (κ3) is 3.27. The Hall–Kier alpha value is -1.46. The number of nitrogens with zero attached hydrogens (tertiary/aromatic N) is 3. The van der Waals surface area contributed by atoms with Gasteiger partial charge in [-0.25, -0.2) is 9.97 Å². The Bertz CT molecular complexity index is 517. The monoisotopic (exact) mass is 260 g/mol. The summed E-state index contributed by atoms with van der Waals surface area (Å²) in [5, 5.41) is 0.753. The first-order valence-electron chi connectivity index (χ1n) is 5.76. The molecule has 4 nitrogen and oxygen atoms in total. The summed E-state index contributed by atoms with van der Waals surface area (Å²) in [5.74, 6) is 0. The van der Waals surface area contributed by atoms with Crippen LogP contribution in [-0.4, -0.2) is 15.0 Å². The third-order valence-corrected chi connectivity index (χ3v) is 3.24. The lowest BCUT2D eigenvalue weighted by Crippen LogP contribution is -2.06. The molecule has 2 aromatic heterocycles. The molecule has 0 aliphatic heterocycles. The van der Waals surface area contributed by atoms with Gasteiger partial charge in [0.15, 0.2) is 5.16 Å². The van der Waals surface area contributed by atoms with Crippen molar-refractivity contribution in [3.8, 4) is 0 Å². The number of aromatic nitrogens is 3. The fourth-order valence-corrected chi connectivity index (χ4v) is 2.40. The lowest BCUT2D eigenvalue weighted by molar-refractivity contribution is 0.777. The van der Waals surface area contributed by atoms with Crippen LogP contribution in [0.1, 0.15) is 30.0 Å². The number of nitrogens with two attached hydrogens (primary N) is 1. The average molecular weight is 260 g/mol. The number of hydrogen-bond donors (Lipinski definition) is 1. The van der Waals surface area contributed by atoms with Gasteiger partial charge < -0.3 is 5.73 Å². The van der Waals surface area contributed by atoms with E-state index in [1.807, 2.05) is 45.2 Å². The summed E-state index contributed by atoms with van der Waals surface area (Å²) in [6, 6.07) is 5.86. The van der Waals surface area contributed by atoms with Crippen molar-refractivity contribution in [3.63, 3.8) is 0 Å². The highest BCUT2D eigenvalue weighted by atomic mass is 32.2. The fourth-order valence-electron chi connectivity index (χ4n) is 1.57. The summed E-state index contributed by atoms with van der Waals surface area (Å²) in [6.45, 7) is 5.86. The van der Waals surface area contributed by atoms with Crippen molar-refractivity contribution < 1.29 is 0 Å². The summed E-state index contributed by atoms with van der Waals surface area (Å²) in [4.78, 5) is 14.1. The zero-order valence-electron chi connectivity index (χ0n) is 10.7. The second-order valence-electron chi connectivity index (χ2n) is 4.24. The molecule has 0 aliphatic rings. The Labute approximate surface area is 111 Å². The van der Waals surface area contributed by atoms with Crippen LogP contribution in [-0.2, 0) is 0 Å². The molecule has 2 rings (SSSR count). The van der Waals surface area contributed by atoms with E-state index in [1.165, 1.54) is 11.8 Å². The molecule has 0 amide bonds. The molecule has 5 heteroatoms. The van der Waals surface area contributed by atoms with E-state index in [1.54, 1.807) is 0 Å². The molecule has 0 bridgehead atoms. The van der Waals surface area contributed by atoms with Crippen LogP contribution in [0.3, 0.4) is 0 Å². The SMILES string of the molecule is Cc1cc(C)nc(Sc2ccc([C@H](C)N)nc2)n1. The standard InChI is InChI=1S/C13H16N4S/c1-8-6-9(2)17-13(16-8)18-11-4-5-12(10(3)14)15-7-11/h4-7,10H,14H2,1-3H3/t10-/m0/s1. The Morgan fingerprint density at radius 1 is 1.17 bits per heavy atom. The van der Waals surface area contributed by atoms with Gasteiger partial charge in [0.05, 0.1) is 5.69 Å². The third-order valence-electron chi connectivity index (χ3n) is 2.40. The molecule has 0 radical (unpaired) electrons. The minimum Gasteiger partial charge on any atom is -0.323 e. The molecule has 0 unspecified atom stereocenters. The molecule has 2 heterocycles. The predicted octanol–water partition coefficient (Wildman–Crippen LogP) is 2.66. The van der Waals surface area contributed by atoms with Gasteiger partial charge in [-0.3, -0.25) is 4.98 Å². The van der Waals surface area contributed by atoms with Crippen molar-refractivity contribution in [3.05, 3.63) is 41.5 Å². The van der Waals surface area contributed by atoms with Crippen molar-refractivity contribution in [2.45, 2.75) is 36.9 Å². The zero-order valence-corrected chi connectivity index (χ0v) is 11.5. The Morgan fingerprint density at radius 3 is 2.33 bits per heavy atom. The molecule has 0 saturated carbocycles. The molecule has 0 fully saturated rings. The van der Waals surface area contributed by atoms with E-state index in [2.05, 4.69) is 15.0 Å². The first-order valence-corrected chi connectivity index (χ1v) is 6.58. The quantitative estimate of drug-likeness (QED) is 0.859. The second kappa shape index (κ2) is 5.46. The molecule has 1 atom stereocenters. The summed E-state index contributed by atoms with van der Waals surface area (Å²) in [6.07, 6.45) is 1.81. The maximum absolute atomic E-state index is 5.76. The van der Waals surface area contributed by atoms with Gasteiger partial charge in [-0.2, -0.15) is 0 Å². The van der Waals surface area contributed by atoms with E-state index in [-0.39, 0.29) is 6.04 Å². The van der Waals surface area contributed by atoms with Crippen LogP contribution in [0.2, 0.25) is 0 Å². The van der Waals surface area contributed by atoms with Crippen molar-refractivity contribution >= 4 is 11.8 Å². The molecule has 0 saturated heterocycles. The number of hydrogen-bond acceptors (Lipinski definition) is 5. The first-order chi connectivity index (χ1) is 8.54. The van der Waals surface area contributed by atoms with Crippen molar-refractivity contribution in [1.29, 1.82) is 0 Å².